The second-order valence-electron chi connectivity index (χ2n) is 7.37. The van der Waals surface area contributed by atoms with Gasteiger partial charge in [0.1, 0.15) is 5.78 Å². The summed E-state index contributed by atoms with van der Waals surface area (Å²) in [6.45, 7) is 0.0804. The van der Waals surface area contributed by atoms with Crippen LogP contribution in [0.5, 0.6) is 0 Å². The van der Waals surface area contributed by atoms with E-state index in [1.165, 1.54) is 6.07 Å². The van der Waals surface area contributed by atoms with Crippen molar-refractivity contribution >= 4 is 29.3 Å². The fourth-order valence-corrected chi connectivity index (χ4v) is 3.88. The van der Waals surface area contributed by atoms with Crippen molar-refractivity contribution in [3.05, 3.63) is 65.0 Å². The van der Waals surface area contributed by atoms with Gasteiger partial charge in [0, 0.05) is 25.4 Å². The molecule has 1 fully saturated rings. The Labute approximate surface area is 172 Å². The van der Waals surface area contributed by atoms with Gasteiger partial charge >= 0.3 is 0 Å². The third-order valence-corrected chi connectivity index (χ3v) is 5.37. The summed E-state index contributed by atoms with van der Waals surface area (Å²) in [7, 11) is 0. The van der Waals surface area contributed by atoms with Gasteiger partial charge in [0.05, 0.1) is 30.0 Å². The molecule has 8 nitrogen and oxygen atoms in total. The van der Waals surface area contributed by atoms with Gasteiger partial charge in [-0.1, -0.05) is 12.1 Å². The number of fused-ring (bicyclic) bond motifs is 1. The van der Waals surface area contributed by atoms with Crippen molar-refractivity contribution in [1.82, 2.24) is 15.2 Å². The smallest absolute Gasteiger partial charge is 0.262 e. The van der Waals surface area contributed by atoms with E-state index in [4.69, 9.17) is 0 Å². The first-order valence-electron chi connectivity index (χ1n) is 9.65. The first kappa shape index (κ1) is 19.6. The van der Waals surface area contributed by atoms with E-state index in [2.05, 4.69) is 10.3 Å². The quantitative estimate of drug-likeness (QED) is 0.591. The minimum absolute atomic E-state index is 0.0804. The number of nitrogens with zero attached hydrogens (tertiary/aromatic N) is 2. The monoisotopic (exact) mass is 405 g/mol. The predicted molar refractivity (Wildman–Crippen MR) is 104 cm³/mol. The summed E-state index contributed by atoms with van der Waals surface area (Å²) < 4.78 is 0. The fraction of sp³-hybridized carbons (Fsp3) is 0.273. The van der Waals surface area contributed by atoms with Crippen LogP contribution in [-0.2, 0) is 27.3 Å². The second kappa shape index (κ2) is 7.98. The van der Waals surface area contributed by atoms with Crippen LogP contribution >= 0.6 is 0 Å². The summed E-state index contributed by atoms with van der Waals surface area (Å²) in [6, 6.07) is 7.42. The van der Waals surface area contributed by atoms with Crippen LogP contribution in [-0.4, -0.2) is 45.2 Å². The molecule has 0 saturated heterocycles. The lowest BCUT2D eigenvalue weighted by molar-refractivity contribution is -0.132. The fourth-order valence-electron chi connectivity index (χ4n) is 3.88. The topological polar surface area (TPSA) is 114 Å². The van der Waals surface area contributed by atoms with Crippen LogP contribution in [0.1, 0.15) is 51.1 Å². The number of ketones is 2. The van der Waals surface area contributed by atoms with Crippen LogP contribution in [0.25, 0.3) is 0 Å². The number of rotatable bonds is 5. The Morgan fingerprint density at radius 2 is 1.83 bits per heavy atom. The molecule has 3 amide bonds. The lowest BCUT2D eigenvalue weighted by atomic mass is 9.92. The molecular weight excluding hydrogens is 386 g/mol. The van der Waals surface area contributed by atoms with Gasteiger partial charge in [0.2, 0.25) is 5.91 Å². The molecule has 0 spiro atoms. The van der Waals surface area contributed by atoms with E-state index < -0.39 is 23.6 Å². The molecule has 1 aliphatic heterocycles. The Hall–Kier alpha value is -3.68. The van der Waals surface area contributed by atoms with Crippen molar-refractivity contribution in [1.29, 1.82) is 0 Å². The number of aromatic nitrogens is 1. The normalized spacial score (nSPS) is 18.5. The molecule has 1 N–H and O–H groups in total. The number of Topliss-reactive ketones (excluding diaryl/α,β-unsaturated/α-hetero) is 2. The van der Waals surface area contributed by atoms with Gasteiger partial charge in [-0.2, -0.15) is 0 Å². The summed E-state index contributed by atoms with van der Waals surface area (Å²) in [5.41, 5.74) is 1.74. The van der Waals surface area contributed by atoms with Crippen molar-refractivity contribution in [3.8, 4) is 0 Å². The van der Waals surface area contributed by atoms with E-state index in [-0.39, 0.29) is 55.0 Å². The number of benzene rings is 1. The first-order chi connectivity index (χ1) is 14.5. The van der Waals surface area contributed by atoms with Gasteiger partial charge in [-0.15, -0.1) is 0 Å². The van der Waals surface area contributed by atoms with Crippen molar-refractivity contribution < 1.29 is 24.0 Å². The number of hydrogen-bond donors (Lipinski definition) is 1. The predicted octanol–water partition coefficient (Wildman–Crippen LogP) is 1.23. The van der Waals surface area contributed by atoms with Gasteiger partial charge in [0.25, 0.3) is 11.8 Å². The van der Waals surface area contributed by atoms with Crippen molar-refractivity contribution in [2.75, 3.05) is 0 Å². The van der Waals surface area contributed by atoms with E-state index in [0.29, 0.717) is 5.56 Å². The first-order valence-corrected chi connectivity index (χ1v) is 9.65. The lowest BCUT2D eigenvalue weighted by Gasteiger charge is -2.27. The number of carbonyl (C=O) groups is 5. The van der Waals surface area contributed by atoms with Crippen molar-refractivity contribution in [2.45, 2.75) is 38.3 Å². The number of nitrogens with one attached hydrogen (secondary N) is 1. The Kier molecular flexibility index (Phi) is 5.22. The highest BCUT2D eigenvalue weighted by atomic mass is 16.2. The molecule has 1 aromatic carbocycles. The van der Waals surface area contributed by atoms with Crippen LogP contribution in [0, 0.1) is 0 Å². The van der Waals surface area contributed by atoms with Crippen LogP contribution in [0.15, 0.2) is 42.7 Å². The Bertz CT molecular complexity index is 1060. The van der Waals surface area contributed by atoms with E-state index in [1.54, 1.807) is 36.7 Å². The molecule has 1 atom stereocenters. The Morgan fingerprint density at radius 1 is 1.07 bits per heavy atom. The average Bonchev–Trinajstić information content (AvgIpc) is 2.98. The molecule has 1 aromatic heterocycles. The Morgan fingerprint density at radius 3 is 2.57 bits per heavy atom. The van der Waals surface area contributed by atoms with Crippen molar-refractivity contribution in [2.24, 2.45) is 0 Å². The van der Waals surface area contributed by atoms with Crippen LogP contribution < -0.4 is 5.32 Å². The largest absolute Gasteiger partial charge is 0.352 e. The maximum absolute atomic E-state index is 13.0. The molecule has 1 unspecified atom stereocenters. The number of carbonyl (C=O) groups excluding carboxylic acids is 5. The molecule has 1 aliphatic carbocycles. The molecule has 2 aliphatic rings. The lowest BCUT2D eigenvalue weighted by Crippen LogP contribution is -2.47. The van der Waals surface area contributed by atoms with Gasteiger partial charge in [-0.3, -0.25) is 33.9 Å². The highest BCUT2D eigenvalue weighted by molar-refractivity contribution is 6.24. The average molecular weight is 405 g/mol. The van der Waals surface area contributed by atoms with E-state index >= 15 is 0 Å². The SMILES string of the molecule is O=C1CCC(N2C(=O)c3cccc(CNC(=O)Cc4ccncc4)c3C2=O)C(=O)C1. The van der Waals surface area contributed by atoms with Gasteiger partial charge in [-0.25, -0.2) is 0 Å². The zero-order chi connectivity index (χ0) is 21.3. The maximum atomic E-state index is 13.0. The summed E-state index contributed by atoms with van der Waals surface area (Å²) >= 11 is 0. The molecule has 8 heteroatoms. The summed E-state index contributed by atoms with van der Waals surface area (Å²) in [5.74, 6) is -1.90. The highest BCUT2D eigenvalue weighted by Crippen LogP contribution is 2.31. The molecule has 30 heavy (non-hydrogen) atoms. The Balaban J connectivity index is 1.51. The van der Waals surface area contributed by atoms with Crippen LogP contribution in [0.2, 0.25) is 0 Å². The molecule has 0 radical (unpaired) electrons. The third-order valence-electron chi connectivity index (χ3n) is 5.37. The maximum Gasteiger partial charge on any atom is 0.262 e. The second-order valence-corrected chi connectivity index (χ2v) is 7.37. The van der Waals surface area contributed by atoms with Gasteiger partial charge < -0.3 is 5.32 Å². The molecule has 0 bridgehead atoms. The number of hydrogen-bond acceptors (Lipinski definition) is 6. The standard InChI is InChI=1S/C22H19N3O5/c26-15-4-5-17(18(27)11-15)25-21(29)16-3-1-2-14(20(16)22(25)30)12-24-19(28)10-13-6-8-23-9-7-13/h1-3,6-9,17H,4-5,10-12H2,(H,24,28). The molecule has 2 aromatic rings. The molecule has 1 saturated carbocycles. The third kappa shape index (κ3) is 3.63. The van der Waals surface area contributed by atoms with Crippen LogP contribution in [0.3, 0.4) is 0 Å². The molecule has 4 rings (SSSR count). The van der Waals surface area contributed by atoms with Gasteiger partial charge in [0.15, 0.2) is 5.78 Å². The summed E-state index contributed by atoms with van der Waals surface area (Å²) in [4.78, 5) is 66.8. The molecule has 152 valence electrons. The number of pyridine rings is 1. The highest BCUT2D eigenvalue weighted by Gasteiger charge is 2.45. The van der Waals surface area contributed by atoms with Crippen molar-refractivity contribution in [3.63, 3.8) is 0 Å². The van der Waals surface area contributed by atoms with E-state index in [9.17, 15) is 24.0 Å². The number of imide groups is 1. The molecule has 2 heterocycles. The zero-order valence-electron chi connectivity index (χ0n) is 16.1. The van der Waals surface area contributed by atoms with Crippen LogP contribution in [0.4, 0.5) is 0 Å². The number of amides is 3. The minimum atomic E-state index is -0.913. The zero-order valence-corrected chi connectivity index (χ0v) is 16.1. The van der Waals surface area contributed by atoms with E-state index in [1.807, 2.05) is 0 Å². The minimum Gasteiger partial charge on any atom is -0.352 e. The summed E-state index contributed by atoms with van der Waals surface area (Å²) in [6.07, 6.45) is 3.44. The summed E-state index contributed by atoms with van der Waals surface area (Å²) in [5, 5.41) is 2.77. The van der Waals surface area contributed by atoms with E-state index in [0.717, 1.165) is 10.5 Å². The molecular formula is C22H19N3O5. The van der Waals surface area contributed by atoms with Gasteiger partial charge in [-0.05, 0) is 35.7 Å².